The van der Waals surface area contributed by atoms with Crippen LogP contribution in [-0.2, 0) is 6.18 Å². The van der Waals surface area contributed by atoms with Crippen molar-refractivity contribution in [3.05, 3.63) is 39.2 Å². The van der Waals surface area contributed by atoms with Crippen molar-refractivity contribution in [2.24, 2.45) is 0 Å². The molecule has 92 valence electrons. The number of hydrogen-bond acceptors (Lipinski definition) is 3. The van der Waals surface area contributed by atoms with E-state index in [2.05, 4.69) is 0 Å². The Kier molecular flexibility index (Phi) is 3.03. The minimum atomic E-state index is -5.13. The molecule has 0 amide bonds. The molecule has 1 aromatic rings. The van der Waals surface area contributed by atoms with E-state index in [0.717, 1.165) is 0 Å². The van der Waals surface area contributed by atoms with Crippen molar-refractivity contribution in [3.63, 3.8) is 0 Å². The van der Waals surface area contributed by atoms with E-state index in [4.69, 9.17) is 5.11 Å². The van der Waals surface area contributed by atoms with Gasteiger partial charge in [0.25, 0.3) is 5.69 Å². The second-order valence-electron chi connectivity index (χ2n) is 2.91. The molecular weight excluding hydrogens is 250 g/mol. The van der Waals surface area contributed by atoms with Crippen molar-refractivity contribution in [2.45, 2.75) is 6.18 Å². The van der Waals surface area contributed by atoms with Gasteiger partial charge in [-0.2, -0.15) is 13.2 Å². The van der Waals surface area contributed by atoms with Gasteiger partial charge in [-0.15, -0.1) is 0 Å². The number of hydrogen-bond donors (Lipinski definition) is 1. The van der Waals surface area contributed by atoms with E-state index in [0.29, 0.717) is 0 Å². The zero-order chi connectivity index (χ0) is 13.4. The first-order valence-corrected chi connectivity index (χ1v) is 3.93. The predicted molar refractivity (Wildman–Crippen MR) is 45.0 cm³/mol. The number of benzene rings is 1. The first-order chi connectivity index (χ1) is 7.64. The van der Waals surface area contributed by atoms with E-state index in [1.807, 2.05) is 0 Å². The highest BCUT2D eigenvalue weighted by Crippen LogP contribution is 2.35. The Hall–Kier alpha value is -2.19. The SMILES string of the molecule is O=C(O)c1cc(F)c(C(F)(F)F)cc1[N+](=O)[O-]. The van der Waals surface area contributed by atoms with E-state index in [1.165, 1.54) is 0 Å². The molecule has 1 rings (SSSR count). The van der Waals surface area contributed by atoms with Crippen LogP contribution < -0.4 is 0 Å². The van der Waals surface area contributed by atoms with E-state index in [-0.39, 0.29) is 12.1 Å². The largest absolute Gasteiger partial charge is 0.477 e. The maximum Gasteiger partial charge on any atom is 0.419 e. The lowest BCUT2D eigenvalue weighted by Crippen LogP contribution is -2.12. The Balaban J connectivity index is 3.57. The number of halogens is 4. The quantitative estimate of drug-likeness (QED) is 0.498. The molecule has 0 unspecified atom stereocenters. The summed E-state index contributed by atoms with van der Waals surface area (Å²) >= 11 is 0. The highest BCUT2D eigenvalue weighted by Gasteiger charge is 2.37. The number of carboxylic acid groups (broad SMARTS) is 1. The molecule has 1 N–H and O–H groups in total. The van der Waals surface area contributed by atoms with Crippen molar-refractivity contribution in [1.29, 1.82) is 0 Å². The number of nitro benzene ring substituents is 1. The first-order valence-electron chi connectivity index (χ1n) is 3.93. The molecule has 0 atom stereocenters. The molecular formula is C8H3F4NO4. The van der Waals surface area contributed by atoms with Crippen LogP contribution in [0.25, 0.3) is 0 Å². The standard InChI is InChI=1S/C8H3F4NO4/c9-5-1-3(7(14)15)6(13(16)17)2-4(5)8(10,11)12/h1-2H,(H,14,15). The Bertz CT molecular complexity index is 497. The Morgan fingerprint density at radius 1 is 1.35 bits per heavy atom. The van der Waals surface area contributed by atoms with Crippen LogP contribution >= 0.6 is 0 Å². The average Bonchev–Trinajstić information content (AvgIpc) is 2.14. The van der Waals surface area contributed by atoms with E-state index >= 15 is 0 Å². The number of carboxylic acids is 1. The zero-order valence-electron chi connectivity index (χ0n) is 7.79. The van der Waals surface area contributed by atoms with E-state index in [9.17, 15) is 32.5 Å². The van der Waals surface area contributed by atoms with Crippen LogP contribution in [0.5, 0.6) is 0 Å². The lowest BCUT2D eigenvalue weighted by Gasteiger charge is -2.08. The van der Waals surface area contributed by atoms with Crippen molar-refractivity contribution < 1.29 is 32.4 Å². The number of rotatable bonds is 2. The highest BCUT2D eigenvalue weighted by molar-refractivity contribution is 5.92. The van der Waals surface area contributed by atoms with Gasteiger partial charge in [0.1, 0.15) is 11.4 Å². The van der Waals surface area contributed by atoms with Crippen LogP contribution in [0.4, 0.5) is 23.2 Å². The fourth-order valence-corrected chi connectivity index (χ4v) is 1.10. The van der Waals surface area contributed by atoms with Gasteiger partial charge in [-0.3, -0.25) is 10.1 Å². The second-order valence-corrected chi connectivity index (χ2v) is 2.91. The molecule has 9 heteroatoms. The van der Waals surface area contributed by atoms with E-state index < -0.39 is 39.7 Å². The monoisotopic (exact) mass is 253 g/mol. The molecule has 17 heavy (non-hydrogen) atoms. The van der Waals surface area contributed by atoms with Gasteiger partial charge >= 0.3 is 12.1 Å². The van der Waals surface area contributed by atoms with Crippen LogP contribution in [0.2, 0.25) is 0 Å². The molecule has 0 spiro atoms. The van der Waals surface area contributed by atoms with Crippen LogP contribution in [0.1, 0.15) is 15.9 Å². The topological polar surface area (TPSA) is 80.4 Å². The summed E-state index contributed by atoms with van der Waals surface area (Å²) in [6.07, 6.45) is -5.13. The van der Waals surface area contributed by atoms with Gasteiger partial charge in [-0.25, -0.2) is 9.18 Å². The van der Waals surface area contributed by atoms with Crippen LogP contribution in [0.3, 0.4) is 0 Å². The third-order valence-electron chi connectivity index (χ3n) is 1.82. The van der Waals surface area contributed by atoms with Gasteiger partial charge < -0.3 is 5.11 Å². The smallest absolute Gasteiger partial charge is 0.419 e. The second kappa shape index (κ2) is 4.00. The summed E-state index contributed by atoms with van der Waals surface area (Å²) in [5, 5.41) is 18.8. The molecule has 0 saturated carbocycles. The van der Waals surface area contributed by atoms with E-state index in [1.54, 1.807) is 0 Å². The minimum Gasteiger partial charge on any atom is -0.477 e. The molecule has 1 aromatic carbocycles. The van der Waals surface area contributed by atoms with Gasteiger partial charge in [0.2, 0.25) is 0 Å². The maximum absolute atomic E-state index is 12.9. The summed E-state index contributed by atoms with van der Waals surface area (Å²) < 4.78 is 49.6. The zero-order valence-corrected chi connectivity index (χ0v) is 7.79. The van der Waals surface area contributed by atoms with Gasteiger partial charge in [-0.05, 0) is 6.07 Å². The molecule has 0 fully saturated rings. The lowest BCUT2D eigenvalue weighted by atomic mass is 10.1. The van der Waals surface area contributed by atoms with Gasteiger partial charge in [0.15, 0.2) is 0 Å². The third-order valence-corrected chi connectivity index (χ3v) is 1.82. The Labute approximate surface area is 90.4 Å². The minimum absolute atomic E-state index is 0.0245. The summed E-state index contributed by atoms with van der Waals surface area (Å²) in [7, 11) is 0. The molecule has 0 bridgehead atoms. The fraction of sp³-hybridized carbons (Fsp3) is 0.125. The number of aromatic carboxylic acids is 1. The Morgan fingerprint density at radius 3 is 2.24 bits per heavy atom. The van der Waals surface area contributed by atoms with Crippen molar-refractivity contribution >= 4 is 11.7 Å². The molecule has 0 aliphatic carbocycles. The van der Waals surface area contributed by atoms with Crippen LogP contribution in [-0.4, -0.2) is 16.0 Å². The predicted octanol–water partition coefficient (Wildman–Crippen LogP) is 2.45. The lowest BCUT2D eigenvalue weighted by molar-refractivity contribution is -0.385. The summed E-state index contributed by atoms with van der Waals surface area (Å²) in [5.41, 5.74) is -4.33. The summed E-state index contributed by atoms with van der Waals surface area (Å²) in [5.74, 6) is -3.76. The van der Waals surface area contributed by atoms with Crippen molar-refractivity contribution in [3.8, 4) is 0 Å². The molecule has 0 aliphatic rings. The number of nitrogens with zero attached hydrogens (tertiary/aromatic N) is 1. The van der Waals surface area contributed by atoms with Crippen LogP contribution in [0, 0.1) is 15.9 Å². The fourth-order valence-electron chi connectivity index (χ4n) is 1.10. The van der Waals surface area contributed by atoms with Gasteiger partial charge in [0.05, 0.1) is 10.5 Å². The molecule has 0 heterocycles. The Morgan fingerprint density at radius 2 is 1.88 bits per heavy atom. The molecule has 0 aliphatic heterocycles. The number of alkyl halides is 3. The summed E-state index contributed by atoms with van der Waals surface area (Å²) in [6, 6.07) is -0.165. The highest BCUT2D eigenvalue weighted by atomic mass is 19.4. The third kappa shape index (κ3) is 2.49. The molecule has 0 saturated heterocycles. The van der Waals surface area contributed by atoms with Crippen LogP contribution in [0.15, 0.2) is 12.1 Å². The molecule has 0 radical (unpaired) electrons. The average molecular weight is 253 g/mol. The summed E-state index contributed by atoms with van der Waals surface area (Å²) in [6.45, 7) is 0. The summed E-state index contributed by atoms with van der Waals surface area (Å²) in [4.78, 5) is 19.5. The number of nitro groups is 1. The maximum atomic E-state index is 12.9. The normalized spacial score (nSPS) is 11.3. The van der Waals surface area contributed by atoms with Crippen molar-refractivity contribution in [1.82, 2.24) is 0 Å². The molecule has 0 aromatic heterocycles. The first kappa shape index (κ1) is 12.9. The number of carbonyl (C=O) groups is 1. The van der Waals surface area contributed by atoms with Gasteiger partial charge in [0, 0.05) is 6.07 Å². The molecule has 5 nitrogen and oxygen atoms in total. The van der Waals surface area contributed by atoms with Crippen molar-refractivity contribution in [2.75, 3.05) is 0 Å². The van der Waals surface area contributed by atoms with Gasteiger partial charge in [-0.1, -0.05) is 0 Å².